The summed E-state index contributed by atoms with van der Waals surface area (Å²) in [6, 6.07) is 0. The molecule has 1 aliphatic heterocycles. The summed E-state index contributed by atoms with van der Waals surface area (Å²) >= 11 is 0. The van der Waals surface area contributed by atoms with Gasteiger partial charge in [-0.1, -0.05) is 6.92 Å². The summed E-state index contributed by atoms with van der Waals surface area (Å²) in [6.07, 6.45) is 0.587. The quantitative estimate of drug-likeness (QED) is 0.659. The van der Waals surface area contributed by atoms with Crippen LogP contribution in [0.4, 0.5) is 0 Å². The number of ether oxygens (including phenoxy) is 1. The van der Waals surface area contributed by atoms with Gasteiger partial charge in [0.05, 0.1) is 25.6 Å². The number of aliphatic hydroxyl groups is 1. The second kappa shape index (κ2) is 3.32. The normalized spacial score (nSPS) is 21.8. The molecule has 0 atom stereocenters. The van der Waals surface area contributed by atoms with Crippen LogP contribution in [0.5, 0.6) is 0 Å². The van der Waals surface area contributed by atoms with Crippen LogP contribution in [0.2, 0.25) is 0 Å². The molecule has 0 aromatic carbocycles. The van der Waals surface area contributed by atoms with Crippen molar-refractivity contribution in [1.82, 2.24) is 0 Å². The van der Waals surface area contributed by atoms with Crippen LogP contribution in [0.3, 0.4) is 0 Å². The lowest BCUT2D eigenvalue weighted by molar-refractivity contribution is -0.0367. The minimum atomic E-state index is -3.16. The van der Waals surface area contributed by atoms with E-state index in [4.69, 9.17) is 9.84 Å². The van der Waals surface area contributed by atoms with Gasteiger partial charge < -0.3 is 9.84 Å². The third-order valence-corrected chi connectivity index (χ3v) is 4.78. The molecule has 1 rings (SSSR count). The molecule has 1 saturated heterocycles. The number of rotatable bonds is 4. The van der Waals surface area contributed by atoms with Gasteiger partial charge in [-0.25, -0.2) is 8.42 Å². The SMILES string of the molecule is CCCS(=O)(=O)C1(CO)COC1. The number of hydrogen-bond acceptors (Lipinski definition) is 4. The molecule has 0 radical (unpaired) electrons. The van der Waals surface area contributed by atoms with Crippen LogP contribution in [0.25, 0.3) is 0 Å². The minimum absolute atomic E-state index is 0.136. The maximum absolute atomic E-state index is 11.5. The van der Waals surface area contributed by atoms with Gasteiger partial charge in [0.25, 0.3) is 0 Å². The predicted octanol–water partition coefficient (Wildman–Crippen LogP) is -0.427. The van der Waals surface area contributed by atoms with Crippen molar-refractivity contribution in [3.05, 3.63) is 0 Å². The summed E-state index contributed by atoms with van der Waals surface area (Å²) in [6.45, 7) is 1.77. The Balaban J connectivity index is 2.78. The van der Waals surface area contributed by atoms with Crippen molar-refractivity contribution in [3.63, 3.8) is 0 Å². The van der Waals surface area contributed by atoms with Crippen LogP contribution in [-0.2, 0) is 14.6 Å². The Hall–Kier alpha value is -0.130. The van der Waals surface area contributed by atoms with Crippen molar-refractivity contribution in [1.29, 1.82) is 0 Å². The number of aliphatic hydroxyl groups excluding tert-OH is 1. The molecule has 0 saturated carbocycles. The third kappa shape index (κ3) is 1.36. The Bertz CT molecular complexity index is 235. The van der Waals surface area contributed by atoms with E-state index in [2.05, 4.69) is 0 Å². The molecule has 0 spiro atoms. The fourth-order valence-electron chi connectivity index (χ4n) is 1.18. The van der Waals surface area contributed by atoms with Crippen LogP contribution in [0.1, 0.15) is 13.3 Å². The molecule has 1 fully saturated rings. The molecule has 1 aliphatic rings. The fourth-order valence-corrected chi connectivity index (χ4v) is 2.88. The van der Waals surface area contributed by atoms with E-state index in [1.807, 2.05) is 6.92 Å². The molecule has 0 aliphatic carbocycles. The van der Waals surface area contributed by atoms with Gasteiger partial charge in [0.2, 0.25) is 0 Å². The average molecular weight is 194 g/mol. The molecule has 72 valence electrons. The smallest absolute Gasteiger partial charge is 0.162 e. The molecule has 4 nitrogen and oxygen atoms in total. The largest absolute Gasteiger partial charge is 0.395 e. The standard InChI is InChI=1S/C7H14O4S/c1-2-3-12(9,10)7(4-8)5-11-6-7/h8H,2-6H2,1H3. The van der Waals surface area contributed by atoms with Crippen LogP contribution in [-0.4, -0.2) is 43.8 Å². The first-order chi connectivity index (χ1) is 5.58. The van der Waals surface area contributed by atoms with Gasteiger partial charge in [0.1, 0.15) is 4.75 Å². The summed E-state index contributed by atoms with van der Waals surface area (Å²) in [5.41, 5.74) is 0. The summed E-state index contributed by atoms with van der Waals surface area (Å²) in [7, 11) is -3.16. The molecule has 1 heterocycles. The maximum Gasteiger partial charge on any atom is 0.162 e. The van der Waals surface area contributed by atoms with Gasteiger partial charge in [-0.2, -0.15) is 0 Å². The highest BCUT2D eigenvalue weighted by molar-refractivity contribution is 7.92. The predicted molar refractivity (Wildman–Crippen MR) is 44.7 cm³/mol. The summed E-state index contributed by atoms with van der Waals surface area (Å²) in [4.78, 5) is 0. The Morgan fingerprint density at radius 3 is 2.33 bits per heavy atom. The Morgan fingerprint density at radius 2 is 2.08 bits per heavy atom. The first-order valence-electron chi connectivity index (χ1n) is 3.99. The Morgan fingerprint density at radius 1 is 1.50 bits per heavy atom. The molecule has 0 aromatic heterocycles. The van der Waals surface area contributed by atoms with Crippen molar-refractivity contribution < 1.29 is 18.3 Å². The maximum atomic E-state index is 11.5. The fraction of sp³-hybridized carbons (Fsp3) is 1.00. The summed E-state index contributed by atoms with van der Waals surface area (Å²) in [5.74, 6) is 0.136. The van der Waals surface area contributed by atoms with E-state index in [1.54, 1.807) is 0 Å². The number of sulfone groups is 1. The number of hydrogen-bond donors (Lipinski definition) is 1. The zero-order chi connectivity index (χ0) is 9.24. The molecule has 0 aromatic rings. The monoisotopic (exact) mass is 194 g/mol. The molecule has 0 amide bonds. The van der Waals surface area contributed by atoms with Crippen molar-refractivity contribution in [2.75, 3.05) is 25.6 Å². The topological polar surface area (TPSA) is 63.6 Å². The highest BCUT2D eigenvalue weighted by Crippen LogP contribution is 2.27. The van der Waals surface area contributed by atoms with E-state index in [0.717, 1.165) is 0 Å². The molecular weight excluding hydrogens is 180 g/mol. The first-order valence-corrected chi connectivity index (χ1v) is 5.64. The van der Waals surface area contributed by atoms with Gasteiger partial charge in [-0.05, 0) is 6.42 Å². The van der Waals surface area contributed by atoms with Gasteiger partial charge in [0, 0.05) is 0 Å². The van der Waals surface area contributed by atoms with Crippen molar-refractivity contribution >= 4 is 9.84 Å². The van der Waals surface area contributed by atoms with E-state index in [0.29, 0.717) is 6.42 Å². The Kier molecular flexibility index (Phi) is 2.75. The van der Waals surface area contributed by atoms with Crippen LogP contribution >= 0.6 is 0 Å². The van der Waals surface area contributed by atoms with Crippen LogP contribution in [0.15, 0.2) is 0 Å². The van der Waals surface area contributed by atoms with Gasteiger partial charge in [-0.3, -0.25) is 0 Å². The first kappa shape index (κ1) is 9.95. The second-order valence-corrected chi connectivity index (χ2v) is 5.66. The minimum Gasteiger partial charge on any atom is -0.395 e. The van der Waals surface area contributed by atoms with E-state index in [1.165, 1.54) is 0 Å². The van der Waals surface area contributed by atoms with Crippen molar-refractivity contribution in [2.24, 2.45) is 0 Å². The lowest BCUT2D eigenvalue weighted by Crippen LogP contribution is -2.59. The molecular formula is C7H14O4S. The molecule has 12 heavy (non-hydrogen) atoms. The van der Waals surface area contributed by atoms with E-state index < -0.39 is 14.6 Å². The van der Waals surface area contributed by atoms with Crippen molar-refractivity contribution in [2.45, 2.75) is 18.1 Å². The summed E-state index contributed by atoms with van der Waals surface area (Å²) in [5, 5.41) is 8.94. The van der Waals surface area contributed by atoms with Crippen LogP contribution in [0, 0.1) is 0 Å². The summed E-state index contributed by atoms with van der Waals surface area (Å²) < 4.78 is 26.9. The van der Waals surface area contributed by atoms with E-state index in [-0.39, 0.29) is 25.6 Å². The zero-order valence-electron chi connectivity index (χ0n) is 7.12. The van der Waals surface area contributed by atoms with Crippen LogP contribution < -0.4 is 0 Å². The molecule has 5 heteroatoms. The van der Waals surface area contributed by atoms with Gasteiger partial charge >= 0.3 is 0 Å². The molecule has 0 unspecified atom stereocenters. The zero-order valence-corrected chi connectivity index (χ0v) is 7.93. The van der Waals surface area contributed by atoms with Gasteiger partial charge in [-0.15, -0.1) is 0 Å². The van der Waals surface area contributed by atoms with Crippen molar-refractivity contribution in [3.8, 4) is 0 Å². The molecule has 1 N–H and O–H groups in total. The van der Waals surface area contributed by atoms with Gasteiger partial charge in [0.15, 0.2) is 9.84 Å². The second-order valence-electron chi connectivity index (χ2n) is 3.15. The highest BCUT2D eigenvalue weighted by atomic mass is 32.2. The Labute approximate surface area is 72.5 Å². The lowest BCUT2D eigenvalue weighted by atomic mass is 10.1. The average Bonchev–Trinajstić information content (AvgIpc) is 1.84. The lowest BCUT2D eigenvalue weighted by Gasteiger charge is -2.38. The third-order valence-electron chi connectivity index (χ3n) is 2.15. The van der Waals surface area contributed by atoms with E-state index >= 15 is 0 Å². The highest BCUT2D eigenvalue weighted by Gasteiger charge is 2.49. The van der Waals surface area contributed by atoms with E-state index in [9.17, 15) is 8.42 Å². The molecule has 0 bridgehead atoms.